The van der Waals surface area contributed by atoms with E-state index in [1.165, 1.54) is 0 Å². The smallest absolute Gasteiger partial charge is 0.303 e. The van der Waals surface area contributed by atoms with Crippen LogP contribution in [0, 0.1) is 11.3 Å². The number of unbranched alkanes of at least 4 members (excludes halogenated alkanes) is 1. The summed E-state index contributed by atoms with van der Waals surface area (Å²) in [5.41, 5.74) is 0.554. The Morgan fingerprint density at radius 2 is 2.15 bits per heavy atom. The Bertz CT molecular complexity index is 508. The van der Waals surface area contributed by atoms with Crippen LogP contribution in [0.15, 0.2) is 24.3 Å². The Labute approximate surface area is 117 Å². The van der Waals surface area contributed by atoms with E-state index in [1.54, 1.807) is 24.3 Å². The Balaban J connectivity index is 2.44. The number of ether oxygens (including phenoxy) is 1. The minimum atomic E-state index is -1.00. The van der Waals surface area contributed by atoms with Gasteiger partial charge in [0.2, 0.25) is 5.91 Å². The number of carbonyl (C=O) groups excluding carboxylic acids is 1. The van der Waals surface area contributed by atoms with Gasteiger partial charge in [0.05, 0.1) is 19.1 Å². The van der Waals surface area contributed by atoms with Gasteiger partial charge in [0, 0.05) is 24.6 Å². The molecule has 1 amide bonds. The molecule has 0 radical (unpaired) electrons. The molecule has 6 heteroatoms. The maximum atomic E-state index is 11.5. The molecular weight excluding hydrogens is 260 g/mol. The van der Waals surface area contributed by atoms with Crippen LogP contribution in [0.2, 0.25) is 0 Å². The largest absolute Gasteiger partial charge is 0.493 e. The summed E-state index contributed by atoms with van der Waals surface area (Å²) < 4.78 is 5.43. The van der Waals surface area contributed by atoms with Gasteiger partial charge in [0.1, 0.15) is 5.75 Å². The van der Waals surface area contributed by atoms with Crippen LogP contribution in [-0.4, -0.2) is 23.6 Å². The third-order valence-corrected chi connectivity index (χ3v) is 2.39. The molecule has 1 rings (SSSR count). The van der Waals surface area contributed by atoms with Crippen LogP contribution in [0.4, 0.5) is 5.69 Å². The number of nitrogens with zero attached hydrogens (tertiary/aromatic N) is 1. The number of amides is 1. The molecule has 1 aromatic carbocycles. The molecular formula is C14H16N2O4. The fraction of sp³-hybridized carbons (Fsp3) is 0.357. The van der Waals surface area contributed by atoms with Gasteiger partial charge in [0.25, 0.3) is 0 Å². The Morgan fingerprint density at radius 1 is 1.35 bits per heavy atom. The van der Waals surface area contributed by atoms with Crippen LogP contribution < -0.4 is 10.1 Å². The lowest BCUT2D eigenvalue weighted by atomic mass is 10.2. The number of benzene rings is 1. The van der Waals surface area contributed by atoms with Crippen LogP contribution in [0.3, 0.4) is 0 Å². The van der Waals surface area contributed by atoms with Gasteiger partial charge in [0.15, 0.2) is 0 Å². The molecule has 0 saturated heterocycles. The first-order valence-electron chi connectivity index (χ1n) is 6.23. The van der Waals surface area contributed by atoms with Crippen molar-refractivity contribution in [2.24, 2.45) is 0 Å². The number of aliphatic carboxylic acids is 1. The number of carboxylic acid groups (broad SMARTS) is 1. The number of carboxylic acids is 1. The van der Waals surface area contributed by atoms with Crippen LogP contribution >= 0.6 is 0 Å². The molecule has 106 valence electrons. The zero-order chi connectivity index (χ0) is 14.8. The van der Waals surface area contributed by atoms with Crippen molar-refractivity contribution in [1.82, 2.24) is 0 Å². The fourth-order valence-electron chi connectivity index (χ4n) is 1.45. The molecule has 0 spiro atoms. The van der Waals surface area contributed by atoms with Gasteiger partial charge < -0.3 is 15.2 Å². The summed E-state index contributed by atoms with van der Waals surface area (Å²) in [6.07, 6.45) is 0.816. The average molecular weight is 276 g/mol. The highest BCUT2D eigenvalue weighted by Crippen LogP contribution is 2.18. The van der Waals surface area contributed by atoms with Crippen molar-refractivity contribution in [2.45, 2.75) is 25.7 Å². The molecule has 0 aromatic heterocycles. The number of nitriles is 1. The van der Waals surface area contributed by atoms with E-state index < -0.39 is 5.97 Å². The number of carbonyl (C=O) groups is 2. The molecule has 0 heterocycles. The van der Waals surface area contributed by atoms with E-state index in [9.17, 15) is 9.59 Å². The molecule has 0 saturated carbocycles. The van der Waals surface area contributed by atoms with E-state index in [1.807, 2.05) is 6.07 Å². The summed E-state index contributed by atoms with van der Waals surface area (Å²) in [5.74, 6) is -0.761. The van der Waals surface area contributed by atoms with Crippen LogP contribution in [0.1, 0.15) is 25.7 Å². The van der Waals surface area contributed by atoms with Crippen molar-refractivity contribution >= 4 is 17.6 Å². The zero-order valence-electron chi connectivity index (χ0n) is 11.0. The van der Waals surface area contributed by atoms with Gasteiger partial charge in [-0.25, -0.2) is 0 Å². The standard InChI is InChI=1S/C14H16N2O4/c15-8-1-2-9-20-12-5-3-4-11(10-12)16-13(17)6-7-14(18)19/h3-5,10H,1-2,6-7,9H2,(H,16,17)(H,18,19). The minimum absolute atomic E-state index is 0.0669. The number of hydrogen-bond acceptors (Lipinski definition) is 4. The summed E-state index contributed by atoms with van der Waals surface area (Å²) >= 11 is 0. The van der Waals surface area contributed by atoms with E-state index >= 15 is 0 Å². The number of anilines is 1. The summed E-state index contributed by atoms with van der Waals surface area (Å²) in [6, 6.07) is 8.86. The number of rotatable bonds is 8. The number of nitrogens with one attached hydrogen (secondary N) is 1. The third kappa shape index (κ3) is 6.40. The Morgan fingerprint density at radius 3 is 2.85 bits per heavy atom. The van der Waals surface area contributed by atoms with Gasteiger partial charge in [-0.3, -0.25) is 9.59 Å². The first kappa shape index (κ1) is 15.5. The summed E-state index contributed by atoms with van der Waals surface area (Å²) in [7, 11) is 0. The first-order valence-corrected chi connectivity index (χ1v) is 6.23. The normalized spacial score (nSPS) is 9.55. The highest BCUT2D eigenvalue weighted by molar-refractivity contribution is 5.92. The van der Waals surface area contributed by atoms with Gasteiger partial charge >= 0.3 is 5.97 Å². The third-order valence-electron chi connectivity index (χ3n) is 2.39. The SMILES string of the molecule is N#CCCCOc1cccc(NC(=O)CCC(=O)O)c1. The maximum Gasteiger partial charge on any atom is 0.303 e. The Kier molecular flexibility index (Phi) is 6.62. The minimum Gasteiger partial charge on any atom is -0.493 e. The molecule has 0 aliphatic carbocycles. The van der Waals surface area contributed by atoms with E-state index in [2.05, 4.69) is 5.32 Å². The molecule has 0 atom stereocenters. The zero-order valence-corrected chi connectivity index (χ0v) is 11.0. The van der Waals surface area contributed by atoms with Crippen LogP contribution in [-0.2, 0) is 9.59 Å². The molecule has 0 bridgehead atoms. The monoisotopic (exact) mass is 276 g/mol. The highest BCUT2D eigenvalue weighted by Gasteiger charge is 2.06. The second-order valence-electron chi connectivity index (χ2n) is 4.08. The van der Waals surface area contributed by atoms with Gasteiger partial charge in [-0.05, 0) is 18.6 Å². The van der Waals surface area contributed by atoms with Crippen LogP contribution in [0.5, 0.6) is 5.75 Å². The predicted molar refractivity (Wildman–Crippen MR) is 72.3 cm³/mol. The van der Waals surface area contributed by atoms with Crippen molar-refractivity contribution in [1.29, 1.82) is 5.26 Å². The lowest BCUT2D eigenvalue weighted by Crippen LogP contribution is -2.13. The Hall–Kier alpha value is -2.55. The van der Waals surface area contributed by atoms with E-state index in [0.29, 0.717) is 30.9 Å². The van der Waals surface area contributed by atoms with Crippen molar-refractivity contribution in [3.63, 3.8) is 0 Å². The molecule has 2 N–H and O–H groups in total. The van der Waals surface area contributed by atoms with Crippen molar-refractivity contribution in [3.05, 3.63) is 24.3 Å². The van der Waals surface area contributed by atoms with Gasteiger partial charge in [-0.15, -0.1) is 0 Å². The average Bonchev–Trinajstić information content (AvgIpc) is 2.42. The van der Waals surface area contributed by atoms with E-state index in [-0.39, 0.29) is 18.7 Å². The number of hydrogen-bond donors (Lipinski definition) is 2. The lowest BCUT2D eigenvalue weighted by molar-refractivity contribution is -0.138. The lowest BCUT2D eigenvalue weighted by Gasteiger charge is -2.08. The molecule has 0 aliphatic heterocycles. The molecule has 1 aromatic rings. The topological polar surface area (TPSA) is 99.4 Å². The van der Waals surface area contributed by atoms with Crippen molar-refractivity contribution in [2.75, 3.05) is 11.9 Å². The van der Waals surface area contributed by atoms with Gasteiger partial charge in [-0.2, -0.15) is 5.26 Å². The molecule has 0 unspecified atom stereocenters. The molecule has 6 nitrogen and oxygen atoms in total. The first-order chi connectivity index (χ1) is 9.61. The summed E-state index contributed by atoms with van der Waals surface area (Å²) in [4.78, 5) is 21.8. The predicted octanol–water partition coefficient (Wildman–Crippen LogP) is 2.17. The van der Waals surface area contributed by atoms with E-state index in [4.69, 9.17) is 15.1 Å². The van der Waals surface area contributed by atoms with E-state index in [0.717, 1.165) is 0 Å². The summed E-state index contributed by atoms with van der Waals surface area (Å²) in [6.45, 7) is 0.434. The quantitative estimate of drug-likeness (QED) is 0.709. The van der Waals surface area contributed by atoms with Crippen LogP contribution in [0.25, 0.3) is 0 Å². The highest BCUT2D eigenvalue weighted by atomic mass is 16.5. The molecule has 0 fully saturated rings. The maximum absolute atomic E-state index is 11.5. The molecule has 20 heavy (non-hydrogen) atoms. The molecule has 0 aliphatic rings. The van der Waals surface area contributed by atoms with Gasteiger partial charge in [-0.1, -0.05) is 6.07 Å². The van der Waals surface area contributed by atoms with Crippen molar-refractivity contribution in [3.8, 4) is 11.8 Å². The second kappa shape index (κ2) is 8.53. The fourth-order valence-corrected chi connectivity index (χ4v) is 1.45. The van der Waals surface area contributed by atoms with Crippen molar-refractivity contribution < 1.29 is 19.4 Å². The second-order valence-corrected chi connectivity index (χ2v) is 4.08. The summed E-state index contributed by atoms with van der Waals surface area (Å²) in [5, 5.41) is 19.5.